The highest BCUT2D eigenvalue weighted by atomic mass is 16.5. The van der Waals surface area contributed by atoms with Gasteiger partial charge in [0.25, 0.3) is 5.91 Å². The molecule has 30 heavy (non-hydrogen) atoms. The van der Waals surface area contributed by atoms with Gasteiger partial charge in [0.2, 0.25) is 5.91 Å². The summed E-state index contributed by atoms with van der Waals surface area (Å²) in [5, 5.41) is 5.96. The molecule has 2 amide bonds. The number of para-hydroxylation sites is 1. The summed E-state index contributed by atoms with van der Waals surface area (Å²) >= 11 is 0. The minimum Gasteiger partial charge on any atom is -0.491 e. The van der Waals surface area contributed by atoms with Crippen LogP contribution in [0.4, 0.5) is 5.69 Å². The molecular weight excluding hydrogens is 378 g/mol. The summed E-state index contributed by atoms with van der Waals surface area (Å²) < 4.78 is 5.78. The van der Waals surface area contributed by atoms with Gasteiger partial charge in [-0.15, -0.1) is 0 Å². The second-order valence-corrected chi connectivity index (χ2v) is 8.00. The molecule has 6 nitrogen and oxygen atoms in total. The quantitative estimate of drug-likeness (QED) is 0.663. The first-order valence-corrected chi connectivity index (χ1v) is 10.6. The number of carbonyl (C=O) groups excluding carboxylic acids is 2. The van der Waals surface area contributed by atoms with Crippen molar-refractivity contribution in [3.05, 3.63) is 59.7 Å². The fourth-order valence-corrected chi connectivity index (χ4v) is 3.59. The van der Waals surface area contributed by atoms with Gasteiger partial charge in [0.1, 0.15) is 12.4 Å². The fourth-order valence-electron chi connectivity index (χ4n) is 3.59. The van der Waals surface area contributed by atoms with E-state index in [2.05, 4.69) is 10.6 Å². The van der Waals surface area contributed by atoms with E-state index in [4.69, 9.17) is 4.74 Å². The predicted molar refractivity (Wildman–Crippen MR) is 119 cm³/mol. The second kappa shape index (κ2) is 10.8. The standard InChI is InChI=1S/C24H31N3O3/c1-27(2)14-15-30-22-13-6-5-12-21(22)24(29)25-17-18-8-7-11-20(16-18)26-23(28)19-9-3-4-10-19/h5-8,11-13,16,19H,3-4,9-10,14-15,17H2,1-2H3,(H,25,29)(H,26,28). The van der Waals surface area contributed by atoms with Gasteiger partial charge in [-0.25, -0.2) is 0 Å². The summed E-state index contributed by atoms with van der Waals surface area (Å²) in [4.78, 5) is 27.1. The third-order valence-corrected chi connectivity index (χ3v) is 5.30. The summed E-state index contributed by atoms with van der Waals surface area (Å²) in [6, 6.07) is 14.9. The van der Waals surface area contributed by atoms with Crippen molar-refractivity contribution in [3.63, 3.8) is 0 Å². The van der Waals surface area contributed by atoms with Crippen LogP contribution in [0.5, 0.6) is 5.75 Å². The van der Waals surface area contributed by atoms with Crippen LogP contribution in [0.3, 0.4) is 0 Å². The van der Waals surface area contributed by atoms with Crippen molar-refractivity contribution in [2.45, 2.75) is 32.2 Å². The molecule has 3 rings (SSSR count). The molecule has 2 aromatic rings. The summed E-state index contributed by atoms with van der Waals surface area (Å²) in [6.45, 7) is 1.66. The molecule has 6 heteroatoms. The lowest BCUT2D eigenvalue weighted by molar-refractivity contribution is -0.119. The summed E-state index contributed by atoms with van der Waals surface area (Å²) in [7, 11) is 3.96. The first-order chi connectivity index (χ1) is 14.5. The molecular formula is C24H31N3O3. The zero-order chi connectivity index (χ0) is 21.3. The molecule has 0 heterocycles. The Bertz CT molecular complexity index is 860. The maximum atomic E-state index is 12.7. The second-order valence-electron chi connectivity index (χ2n) is 8.00. The monoisotopic (exact) mass is 409 g/mol. The van der Waals surface area contributed by atoms with Crippen LogP contribution in [0.1, 0.15) is 41.6 Å². The lowest BCUT2D eigenvalue weighted by Gasteiger charge is -2.14. The van der Waals surface area contributed by atoms with E-state index in [0.29, 0.717) is 24.5 Å². The zero-order valence-corrected chi connectivity index (χ0v) is 17.8. The molecule has 0 aliphatic heterocycles. The topological polar surface area (TPSA) is 70.7 Å². The third kappa shape index (κ3) is 6.32. The fraction of sp³-hybridized carbons (Fsp3) is 0.417. The summed E-state index contributed by atoms with van der Waals surface area (Å²) in [5.74, 6) is 0.611. The van der Waals surface area contributed by atoms with Crippen LogP contribution in [0.2, 0.25) is 0 Å². The molecule has 0 bridgehead atoms. The SMILES string of the molecule is CN(C)CCOc1ccccc1C(=O)NCc1cccc(NC(=O)C2CCCC2)c1. The number of nitrogens with one attached hydrogen (secondary N) is 2. The Hall–Kier alpha value is -2.86. The Kier molecular flexibility index (Phi) is 7.85. The van der Waals surface area contributed by atoms with E-state index in [0.717, 1.165) is 43.5 Å². The van der Waals surface area contributed by atoms with Crippen LogP contribution in [0, 0.1) is 5.92 Å². The number of anilines is 1. The largest absolute Gasteiger partial charge is 0.491 e. The molecule has 0 saturated heterocycles. The summed E-state index contributed by atoms with van der Waals surface area (Å²) in [5.41, 5.74) is 2.21. The van der Waals surface area contributed by atoms with Gasteiger partial charge in [0.05, 0.1) is 5.56 Å². The maximum Gasteiger partial charge on any atom is 0.255 e. The highest BCUT2D eigenvalue weighted by molar-refractivity contribution is 5.97. The number of ether oxygens (including phenoxy) is 1. The number of rotatable bonds is 9. The van der Waals surface area contributed by atoms with Crippen LogP contribution in [-0.4, -0.2) is 44.0 Å². The Morgan fingerprint density at radius 1 is 1.07 bits per heavy atom. The van der Waals surface area contributed by atoms with Crippen LogP contribution < -0.4 is 15.4 Å². The van der Waals surface area contributed by atoms with E-state index in [1.165, 1.54) is 0 Å². The van der Waals surface area contributed by atoms with Crippen LogP contribution in [0.25, 0.3) is 0 Å². The first kappa shape index (κ1) is 21.8. The van der Waals surface area contributed by atoms with Gasteiger partial charge in [-0.2, -0.15) is 0 Å². The van der Waals surface area contributed by atoms with Gasteiger partial charge in [-0.3, -0.25) is 9.59 Å². The van der Waals surface area contributed by atoms with E-state index in [9.17, 15) is 9.59 Å². The molecule has 0 radical (unpaired) electrons. The first-order valence-electron chi connectivity index (χ1n) is 10.6. The van der Waals surface area contributed by atoms with Crippen molar-refractivity contribution >= 4 is 17.5 Å². The van der Waals surface area contributed by atoms with Crippen LogP contribution in [-0.2, 0) is 11.3 Å². The lowest BCUT2D eigenvalue weighted by atomic mass is 10.1. The van der Waals surface area contributed by atoms with Gasteiger partial charge in [0.15, 0.2) is 0 Å². The third-order valence-electron chi connectivity index (χ3n) is 5.30. The van der Waals surface area contributed by atoms with Crippen molar-refractivity contribution in [1.82, 2.24) is 10.2 Å². The van der Waals surface area contributed by atoms with E-state index < -0.39 is 0 Å². The minimum absolute atomic E-state index is 0.0949. The van der Waals surface area contributed by atoms with Crippen LogP contribution >= 0.6 is 0 Å². The van der Waals surface area contributed by atoms with Crippen molar-refractivity contribution in [2.24, 2.45) is 5.92 Å². The summed E-state index contributed by atoms with van der Waals surface area (Å²) in [6.07, 6.45) is 4.20. The molecule has 0 unspecified atom stereocenters. The Labute approximate surface area is 178 Å². The Morgan fingerprint density at radius 3 is 2.60 bits per heavy atom. The number of hydrogen-bond acceptors (Lipinski definition) is 4. The van der Waals surface area contributed by atoms with Gasteiger partial charge in [-0.05, 0) is 56.8 Å². The highest BCUT2D eigenvalue weighted by Gasteiger charge is 2.22. The molecule has 1 aliphatic rings. The van der Waals surface area contributed by atoms with Gasteiger partial charge in [0, 0.05) is 24.7 Å². The number of benzene rings is 2. The molecule has 0 atom stereocenters. The Morgan fingerprint density at radius 2 is 1.83 bits per heavy atom. The van der Waals surface area contributed by atoms with E-state index in [-0.39, 0.29) is 17.7 Å². The minimum atomic E-state index is -0.184. The molecule has 2 aromatic carbocycles. The molecule has 0 aromatic heterocycles. The average molecular weight is 410 g/mol. The number of likely N-dealkylation sites (N-methyl/N-ethyl adjacent to an activating group) is 1. The molecule has 1 saturated carbocycles. The lowest BCUT2D eigenvalue weighted by Crippen LogP contribution is -2.25. The molecule has 1 aliphatic carbocycles. The highest BCUT2D eigenvalue weighted by Crippen LogP contribution is 2.26. The van der Waals surface area contributed by atoms with Crippen LogP contribution in [0.15, 0.2) is 48.5 Å². The maximum absolute atomic E-state index is 12.7. The van der Waals surface area contributed by atoms with Crippen molar-refractivity contribution in [3.8, 4) is 5.75 Å². The van der Waals surface area contributed by atoms with Crippen molar-refractivity contribution in [2.75, 3.05) is 32.6 Å². The van der Waals surface area contributed by atoms with Crippen molar-refractivity contribution < 1.29 is 14.3 Å². The van der Waals surface area contributed by atoms with Gasteiger partial charge in [-0.1, -0.05) is 37.1 Å². The van der Waals surface area contributed by atoms with Crippen molar-refractivity contribution in [1.29, 1.82) is 0 Å². The van der Waals surface area contributed by atoms with E-state index in [1.54, 1.807) is 6.07 Å². The average Bonchev–Trinajstić information content (AvgIpc) is 3.27. The molecule has 0 spiro atoms. The predicted octanol–water partition coefficient (Wildman–Crippen LogP) is 3.69. The Balaban J connectivity index is 1.56. The number of hydrogen-bond donors (Lipinski definition) is 2. The zero-order valence-electron chi connectivity index (χ0n) is 17.8. The smallest absolute Gasteiger partial charge is 0.255 e. The van der Waals surface area contributed by atoms with Gasteiger partial charge >= 0.3 is 0 Å². The number of amides is 2. The van der Waals surface area contributed by atoms with Gasteiger partial charge < -0.3 is 20.3 Å². The number of nitrogens with zero attached hydrogens (tertiary/aromatic N) is 1. The molecule has 160 valence electrons. The molecule has 1 fully saturated rings. The van der Waals surface area contributed by atoms with E-state index >= 15 is 0 Å². The normalized spacial score (nSPS) is 14.0. The molecule has 2 N–H and O–H groups in total. The van der Waals surface area contributed by atoms with E-state index in [1.807, 2.05) is 61.5 Å². The number of carbonyl (C=O) groups is 2.